The Morgan fingerprint density at radius 1 is 1.55 bits per heavy atom. The highest BCUT2D eigenvalue weighted by Crippen LogP contribution is 2.14. The fraction of sp³-hybridized carbons (Fsp3) is 0.714. The van der Waals surface area contributed by atoms with Crippen LogP contribution in [0.25, 0.3) is 0 Å². The standard InChI is InChI=1S/C14H24N4O2/c1-2-8-18-11-12(10-16-18)17-14(19)15-7-6-13-5-3-4-9-20-13/h10-11,13H,2-9H2,1H3,(H2,15,17,19)/t13-/m1/s1. The number of carbonyl (C=O) groups is 1. The van der Waals surface area contributed by atoms with Gasteiger partial charge < -0.3 is 15.4 Å². The number of rotatable bonds is 6. The quantitative estimate of drug-likeness (QED) is 0.840. The van der Waals surface area contributed by atoms with E-state index in [-0.39, 0.29) is 6.03 Å². The van der Waals surface area contributed by atoms with Crippen LogP contribution in [0.4, 0.5) is 10.5 Å². The van der Waals surface area contributed by atoms with Gasteiger partial charge in [-0.25, -0.2) is 4.79 Å². The van der Waals surface area contributed by atoms with Gasteiger partial charge in [0.2, 0.25) is 0 Å². The summed E-state index contributed by atoms with van der Waals surface area (Å²) in [4.78, 5) is 11.7. The fourth-order valence-electron chi connectivity index (χ4n) is 2.34. The number of ether oxygens (including phenoxy) is 1. The maximum Gasteiger partial charge on any atom is 0.319 e. The Kier molecular flexibility index (Phi) is 5.86. The third kappa shape index (κ3) is 4.85. The highest BCUT2D eigenvalue weighted by atomic mass is 16.5. The molecule has 6 nitrogen and oxygen atoms in total. The molecule has 0 radical (unpaired) electrons. The van der Waals surface area contributed by atoms with E-state index < -0.39 is 0 Å². The summed E-state index contributed by atoms with van der Waals surface area (Å²) in [5.41, 5.74) is 0.727. The van der Waals surface area contributed by atoms with Gasteiger partial charge in [0, 0.05) is 25.9 Å². The van der Waals surface area contributed by atoms with E-state index >= 15 is 0 Å². The molecule has 2 amide bonds. The van der Waals surface area contributed by atoms with Crippen molar-refractivity contribution in [3.63, 3.8) is 0 Å². The molecule has 0 aliphatic carbocycles. The lowest BCUT2D eigenvalue weighted by atomic mass is 10.1. The van der Waals surface area contributed by atoms with E-state index in [1.165, 1.54) is 6.42 Å². The number of nitrogens with one attached hydrogen (secondary N) is 2. The van der Waals surface area contributed by atoms with Crippen LogP contribution in [0.3, 0.4) is 0 Å². The maximum atomic E-state index is 11.7. The Hall–Kier alpha value is -1.56. The summed E-state index contributed by atoms with van der Waals surface area (Å²) in [5.74, 6) is 0. The smallest absolute Gasteiger partial charge is 0.319 e. The molecule has 1 aromatic rings. The molecule has 0 saturated carbocycles. The number of carbonyl (C=O) groups excluding carboxylic acids is 1. The lowest BCUT2D eigenvalue weighted by Gasteiger charge is -2.22. The number of nitrogens with zero attached hydrogens (tertiary/aromatic N) is 2. The molecule has 20 heavy (non-hydrogen) atoms. The first-order valence-corrected chi connectivity index (χ1v) is 7.47. The van der Waals surface area contributed by atoms with Crippen molar-refractivity contribution < 1.29 is 9.53 Å². The van der Waals surface area contributed by atoms with E-state index in [4.69, 9.17) is 4.74 Å². The van der Waals surface area contributed by atoms with Gasteiger partial charge in [-0.3, -0.25) is 4.68 Å². The van der Waals surface area contributed by atoms with Crippen LogP contribution in [0.1, 0.15) is 39.0 Å². The van der Waals surface area contributed by atoms with Crippen molar-refractivity contribution in [3.8, 4) is 0 Å². The summed E-state index contributed by atoms with van der Waals surface area (Å²) in [6.45, 7) is 4.45. The topological polar surface area (TPSA) is 68.2 Å². The van der Waals surface area contributed by atoms with Gasteiger partial charge in [0.1, 0.15) is 0 Å². The molecule has 1 saturated heterocycles. The van der Waals surface area contributed by atoms with Crippen LogP contribution in [0, 0.1) is 0 Å². The largest absolute Gasteiger partial charge is 0.378 e. The van der Waals surface area contributed by atoms with E-state index in [1.54, 1.807) is 6.20 Å². The zero-order valence-electron chi connectivity index (χ0n) is 12.1. The van der Waals surface area contributed by atoms with Gasteiger partial charge in [-0.15, -0.1) is 0 Å². The van der Waals surface area contributed by atoms with Crippen LogP contribution in [0.15, 0.2) is 12.4 Å². The summed E-state index contributed by atoms with van der Waals surface area (Å²) in [7, 11) is 0. The Labute approximate surface area is 119 Å². The molecule has 0 unspecified atom stereocenters. The molecule has 2 rings (SSSR count). The van der Waals surface area contributed by atoms with Gasteiger partial charge in [0.25, 0.3) is 0 Å². The van der Waals surface area contributed by atoms with Gasteiger partial charge in [-0.05, 0) is 32.1 Å². The predicted octanol–water partition coefficient (Wildman–Crippen LogP) is 2.37. The van der Waals surface area contributed by atoms with Gasteiger partial charge in [0.05, 0.1) is 18.0 Å². The number of aryl methyl sites for hydroxylation is 1. The highest BCUT2D eigenvalue weighted by molar-refractivity contribution is 5.88. The molecular weight excluding hydrogens is 256 g/mol. The number of urea groups is 1. The molecule has 0 aromatic carbocycles. The average Bonchev–Trinajstić information content (AvgIpc) is 2.88. The normalized spacial score (nSPS) is 18.8. The second-order valence-electron chi connectivity index (χ2n) is 5.15. The van der Waals surface area contributed by atoms with Crippen molar-refractivity contribution in [1.29, 1.82) is 0 Å². The van der Waals surface area contributed by atoms with Crippen LogP contribution in [-0.4, -0.2) is 35.1 Å². The molecule has 1 aliphatic heterocycles. The van der Waals surface area contributed by atoms with Gasteiger partial charge in [-0.1, -0.05) is 6.92 Å². The minimum Gasteiger partial charge on any atom is -0.378 e. The Balaban J connectivity index is 1.64. The number of hydrogen-bond donors (Lipinski definition) is 2. The zero-order valence-corrected chi connectivity index (χ0v) is 12.1. The maximum absolute atomic E-state index is 11.7. The van der Waals surface area contributed by atoms with Gasteiger partial charge >= 0.3 is 6.03 Å². The summed E-state index contributed by atoms with van der Waals surface area (Å²) in [6.07, 6.45) is 9.20. The number of amides is 2. The van der Waals surface area contributed by atoms with Crippen molar-refractivity contribution >= 4 is 11.7 Å². The molecule has 1 atom stereocenters. The fourth-order valence-corrected chi connectivity index (χ4v) is 2.34. The van der Waals surface area contributed by atoms with Crippen molar-refractivity contribution in [2.24, 2.45) is 0 Å². The zero-order chi connectivity index (χ0) is 14.2. The molecule has 0 bridgehead atoms. The lowest BCUT2D eigenvalue weighted by Crippen LogP contribution is -2.32. The van der Waals surface area contributed by atoms with E-state index in [0.717, 1.165) is 44.5 Å². The van der Waals surface area contributed by atoms with Crippen LogP contribution in [0.5, 0.6) is 0 Å². The Bertz CT molecular complexity index is 413. The Morgan fingerprint density at radius 3 is 3.20 bits per heavy atom. The summed E-state index contributed by atoms with van der Waals surface area (Å²) in [6, 6.07) is -0.183. The monoisotopic (exact) mass is 280 g/mol. The van der Waals surface area contributed by atoms with Crippen LogP contribution < -0.4 is 10.6 Å². The van der Waals surface area contributed by atoms with E-state index in [2.05, 4.69) is 22.7 Å². The minimum absolute atomic E-state index is 0.183. The van der Waals surface area contributed by atoms with Crippen molar-refractivity contribution in [1.82, 2.24) is 15.1 Å². The third-order valence-electron chi connectivity index (χ3n) is 3.37. The van der Waals surface area contributed by atoms with Gasteiger partial charge in [0.15, 0.2) is 0 Å². The number of hydrogen-bond acceptors (Lipinski definition) is 3. The molecule has 1 aliphatic rings. The molecule has 2 N–H and O–H groups in total. The van der Waals surface area contributed by atoms with Crippen molar-refractivity contribution in [2.45, 2.75) is 51.7 Å². The summed E-state index contributed by atoms with van der Waals surface area (Å²) < 4.78 is 7.45. The first kappa shape index (κ1) is 14.8. The number of aromatic nitrogens is 2. The molecule has 0 spiro atoms. The molecular formula is C14H24N4O2. The molecule has 112 valence electrons. The second-order valence-corrected chi connectivity index (χ2v) is 5.15. The summed E-state index contributed by atoms with van der Waals surface area (Å²) >= 11 is 0. The molecule has 2 heterocycles. The minimum atomic E-state index is -0.183. The van der Waals surface area contributed by atoms with Crippen molar-refractivity contribution in [3.05, 3.63) is 12.4 Å². The highest BCUT2D eigenvalue weighted by Gasteiger charge is 2.13. The Morgan fingerprint density at radius 2 is 2.45 bits per heavy atom. The molecule has 1 fully saturated rings. The summed E-state index contributed by atoms with van der Waals surface area (Å²) in [5, 5.41) is 9.80. The predicted molar refractivity (Wildman–Crippen MR) is 77.7 cm³/mol. The van der Waals surface area contributed by atoms with Crippen LogP contribution in [0.2, 0.25) is 0 Å². The van der Waals surface area contributed by atoms with E-state index in [1.807, 2.05) is 10.9 Å². The third-order valence-corrected chi connectivity index (χ3v) is 3.37. The van der Waals surface area contributed by atoms with E-state index in [9.17, 15) is 4.79 Å². The number of anilines is 1. The average molecular weight is 280 g/mol. The van der Waals surface area contributed by atoms with Crippen LogP contribution >= 0.6 is 0 Å². The first-order valence-electron chi connectivity index (χ1n) is 7.47. The molecule has 1 aromatic heterocycles. The SMILES string of the molecule is CCCn1cc(NC(=O)NCC[C@H]2CCCCO2)cn1. The first-order chi connectivity index (χ1) is 9.78. The molecule has 6 heteroatoms. The van der Waals surface area contributed by atoms with Gasteiger partial charge in [-0.2, -0.15) is 5.10 Å². The van der Waals surface area contributed by atoms with E-state index in [0.29, 0.717) is 12.6 Å². The van der Waals surface area contributed by atoms with Crippen molar-refractivity contribution in [2.75, 3.05) is 18.5 Å². The van der Waals surface area contributed by atoms with Crippen LogP contribution in [-0.2, 0) is 11.3 Å². The second kappa shape index (κ2) is 7.89. The lowest BCUT2D eigenvalue weighted by molar-refractivity contribution is 0.0120.